The molecule has 0 saturated carbocycles. The SMILES string of the molecule is CCC(C)C(=O)N1CCN(C(=O)C(C)(C)c2ccccc2)CC1. The molecule has 1 aromatic rings. The minimum atomic E-state index is -0.538. The molecule has 1 aromatic carbocycles. The molecule has 1 aliphatic rings. The Morgan fingerprint density at radius 1 is 1.04 bits per heavy atom. The Bertz CT molecular complexity index is 546. The number of carbonyl (C=O) groups is 2. The van der Waals surface area contributed by atoms with E-state index in [9.17, 15) is 9.59 Å². The summed E-state index contributed by atoms with van der Waals surface area (Å²) in [5.41, 5.74) is 0.493. The van der Waals surface area contributed by atoms with E-state index in [2.05, 4.69) is 0 Å². The lowest BCUT2D eigenvalue weighted by atomic mass is 9.83. The Labute approximate surface area is 139 Å². The Balaban J connectivity index is 2.00. The largest absolute Gasteiger partial charge is 0.339 e. The van der Waals surface area contributed by atoms with Crippen LogP contribution < -0.4 is 0 Å². The summed E-state index contributed by atoms with van der Waals surface area (Å²) >= 11 is 0. The van der Waals surface area contributed by atoms with Crippen molar-refractivity contribution in [2.24, 2.45) is 5.92 Å². The van der Waals surface area contributed by atoms with Crippen LogP contribution in [0.5, 0.6) is 0 Å². The van der Waals surface area contributed by atoms with Crippen molar-refractivity contribution in [2.45, 2.75) is 39.5 Å². The molecule has 4 nitrogen and oxygen atoms in total. The lowest BCUT2D eigenvalue weighted by Gasteiger charge is -2.39. The maximum absolute atomic E-state index is 12.9. The highest BCUT2D eigenvalue weighted by Gasteiger charge is 2.35. The zero-order chi connectivity index (χ0) is 17.0. The third-order valence-electron chi connectivity index (χ3n) is 4.94. The average Bonchev–Trinajstić information content (AvgIpc) is 2.60. The number of nitrogens with zero attached hydrogens (tertiary/aromatic N) is 2. The molecule has 2 rings (SSSR count). The van der Waals surface area contributed by atoms with Gasteiger partial charge in [-0.05, 0) is 25.8 Å². The minimum Gasteiger partial charge on any atom is -0.339 e. The molecule has 0 radical (unpaired) electrons. The first kappa shape index (κ1) is 17.5. The van der Waals surface area contributed by atoms with Gasteiger partial charge in [0.15, 0.2) is 0 Å². The summed E-state index contributed by atoms with van der Waals surface area (Å²) in [5, 5.41) is 0. The second kappa shape index (κ2) is 7.16. The van der Waals surface area contributed by atoms with Crippen molar-refractivity contribution >= 4 is 11.8 Å². The molecule has 1 fully saturated rings. The smallest absolute Gasteiger partial charge is 0.232 e. The summed E-state index contributed by atoms with van der Waals surface area (Å²) in [6.07, 6.45) is 0.860. The minimum absolute atomic E-state index is 0.0676. The van der Waals surface area contributed by atoms with Crippen molar-refractivity contribution in [3.05, 3.63) is 35.9 Å². The highest BCUT2D eigenvalue weighted by Crippen LogP contribution is 2.26. The number of carbonyl (C=O) groups excluding carboxylic acids is 2. The summed E-state index contributed by atoms with van der Waals surface area (Å²) < 4.78 is 0. The summed E-state index contributed by atoms with van der Waals surface area (Å²) in [6.45, 7) is 10.5. The van der Waals surface area contributed by atoms with Gasteiger partial charge < -0.3 is 9.80 Å². The standard InChI is InChI=1S/C19H28N2O2/c1-5-15(2)17(22)20-11-13-21(14-12-20)18(23)19(3,4)16-9-7-6-8-10-16/h6-10,15H,5,11-14H2,1-4H3. The van der Waals surface area contributed by atoms with Crippen molar-refractivity contribution in [1.82, 2.24) is 9.80 Å². The lowest BCUT2D eigenvalue weighted by Crippen LogP contribution is -2.55. The van der Waals surface area contributed by atoms with Gasteiger partial charge in [0, 0.05) is 32.1 Å². The molecule has 126 valence electrons. The van der Waals surface area contributed by atoms with Crippen molar-refractivity contribution in [3.63, 3.8) is 0 Å². The molecule has 1 atom stereocenters. The molecular weight excluding hydrogens is 288 g/mol. The van der Waals surface area contributed by atoms with Gasteiger partial charge in [-0.2, -0.15) is 0 Å². The van der Waals surface area contributed by atoms with Crippen molar-refractivity contribution < 1.29 is 9.59 Å². The van der Waals surface area contributed by atoms with Gasteiger partial charge in [0.05, 0.1) is 5.41 Å². The van der Waals surface area contributed by atoms with E-state index in [-0.39, 0.29) is 17.7 Å². The van der Waals surface area contributed by atoms with Crippen LogP contribution >= 0.6 is 0 Å². The molecule has 4 heteroatoms. The van der Waals surface area contributed by atoms with E-state index in [0.717, 1.165) is 12.0 Å². The number of benzene rings is 1. The quantitative estimate of drug-likeness (QED) is 0.857. The van der Waals surface area contributed by atoms with Crippen LogP contribution in [0.3, 0.4) is 0 Å². The van der Waals surface area contributed by atoms with E-state index in [1.165, 1.54) is 0 Å². The van der Waals surface area contributed by atoms with Gasteiger partial charge in [0.25, 0.3) is 0 Å². The van der Waals surface area contributed by atoms with Crippen molar-refractivity contribution in [1.29, 1.82) is 0 Å². The first-order valence-corrected chi connectivity index (χ1v) is 8.51. The van der Waals surface area contributed by atoms with Gasteiger partial charge in [0.1, 0.15) is 0 Å². The number of rotatable bonds is 4. The summed E-state index contributed by atoms with van der Waals surface area (Å²) in [7, 11) is 0. The molecule has 0 spiro atoms. The van der Waals surface area contributed by atoms with Gasteiger partial charge >= 0.3 is 0 Å². The van der Waals surface area contributed by atoms with E-state index in [0.29, 0.717) is 26.2 Å². The van der Waals surface area contributed by atoms with Crippen LogP contribution in [-0.4, -0.2) is 47.8 Å². The van der Waals surface area contributed by atoms with Crippen LogP contribution in [0.4, 0.5) is 0 Å². The average molecular weight is 316 g/mol. The summed E-state index contributed by atoms with van der Waals surface area (Å²) in [5.74, 6) is 0.416. The van der Waals surface area contributed by atoms with Crippen LogP contribution in [0.25, 0.3) is 0 Å². The van der Waals surface area contributed by atoms with Gasteiger partial charge in [-0.1, -0.05) is 44.2 Å². The fraction of sp³-hybridized carbons (Fsp3) is 0.579. The molecule has 1 saturated heterocycles. The van der Waals surface area contributed by atoms with Crippen LogP contribution in [0.1, 0.15) is 39.7 Å². The van der Waals surface area contributed by atoms with Crippen molar-refractivity contribution in [3.8, 4) is 0 Å². The van der Waals surface area contributed by atoms with E-state index in [1.807, 2.05) is 67.8 Å². The van der Waals surface area contributed by atoms with Crippen molar-refractivity contribution in [2.75, 3.05) is 26.2 Å². The summed E-state index contributed by atoms with van der Waals surface area (Å²) in [6, 6.07) is 9.89. The Kier molecular flexibility index (Phi) is 5.45. The van der Waals surface area contributed by atoms with Crippen LogP contribution in [0.15, 0.2) is 30.3 Å². The fourth-order valence-electron chi connectivity index (χ4n) is 2.99. The normalized spacial score (nSPS) is 17.0. The molecule has 0 N–H and O–H groups in total. The Morgan fingerprint density at radius 2 is 1.57 bits per heavy atom. The highest BCUT2D eigenvalue weighted by atomic mass is 16.2. The molecule has 0 bridgehead atoms. The van der Waals surface area contributed by atoms with Gasteiger partial charge in [-0.3, -0.25) is 9.59 Å². The van der Waals surface area contributed by atoms with Crippen LogP contribution in [0, 0.1) is 5.92 Å². The maximum Gasteiger partial charge on any atom is 0.232 e. The molecule has 0 aliphatic carbocycles. The van der Waals surface area contributed by atoms with E-state index < -0.39 is 5.41 Å². The van der Waals surface area contributed by atoms with E-state index in [1.54, 1.807) is 0 Å². The highest BCUT2D eigenvalue weighted by molar-refractivity contribution is 5.87. The predicted octanol–water partition coefficient (Wildman–Crippen LogP) is 2.68. The fourth-order valence-corrected chi connectivity index (χ4v) is 2.99. The summed E-state index contributed by atoms with van der Waals surface area (Å²) in [4.78, 5) is 28.9. The van der Waals surface area contributed by atoms with Crippen LogP contribution in [0.2, 0.25) is 0 Å². The monoisotopic (exact) mass is 316 g/mol. The topological polar surface area (TPSA) is 40.6 Å². The molecule has 2 amide bonds. The number of hydrogen-bond acceptors (Lipinski definition) is 2. The second-order valence-corrected chi connectivity index (χ2v) is 6.92. The first-order valence-electron chi connectivity index (χ1n) is 8.51. The maximum atomic E-state index is 12.9. The van der Waals surface area contributed by atoms with E-state index in [4.69, 9.17) is 0 Å². The molecule has 0 aromatic heterocycles. The first-order chi connectivity index (χ1) is 10.9. The Morgan fingerprint density at radius 3 is 2.09 bits per heavy atom. The number of hydrogen-bond donors (Lipinski definition) is 0. The van der Waals surface area contributed by atoms with Gasteiger partial charge in [-0.15, -0.1) is 0 Å². The number of amides is 2. The lowest BCUT2D eigenvalue weighted by molar-refractivity contribution is -0.144. The molecular formula is C19H28N2O2. The molecule has 1 unspecified atom stereocenters. The predicted molar refractivity (Wildman–Crippen MR) is 92.1 cm³/mol. The third kappa shape index (κ3) is 3.74. The number of piperazine rings is 1. The zero-order valence-electron chi connectivity index (χ0n) is 14.7. The van der Waals surface area contributed by atoms with Gasteiger partial charge in [-0.25, -0.2) is 0 Å². The van der Waals surface area contributed by atoms with Gasteiger partial charge in [0.2, 0.25) is 11.8 Å². The molecule has 1 heterocycles. The third-order valence-corrected chi connectivity index (χ3v) is 4.94. The molecule has 1 aliphatic heterocycles. The zero-order valence-corrected chi connectivity index (χ0v) is 14.7. The Hall–Kier alpha value is -1.84. The second-order valence-electron chi connectivity index (χ2n) is 6.92. The van der Waals surface area contributed by atoms with E-state index >= 15 is 0 Å². The molecule has 23 heavy (non-hydrogen) atoms. The van der Waals surface area contributed by atoms with Crippen LogP contribution in [-0.2, 0) is 15.0 Å².